The smallest absolute Gasteiger partial charge is 0.252 e. The van der Waals surface area contributed by atoms with Gasteiger partial charge in [-0.25, -0.2) is 9.67 Å². The van der Waals surface area contributed by atoms with Crippen molar-refractivity contribution < 1.29 is 9.53 Å². The van der Waals surface area contributed by atoms with Crippen LogP contribution in [0, 0.1) is 17.2 Å². The lowest BCUT2D eigenvalue weighted by Gasteiger charge is -2.22. The van der Waals surface area contributed by atoms with Gasteiger partial charge in [0.1, 0.15) is 6.54 Å². The summed E-state index contributed by atoms with van der Waals surface area (Å²) in [7, 11) is 2.13. The number of unbranched alkanes of at least 4 members (excludes halogenated alkanes) is 1. The quantitative estimate of drug-likeness (QED) is 0.477. The molecule has 1 aromatic carbocycles. The first-order valence-electron chi connectivity index (χ1n) is 12.5. The van der Waals surface area contributed by atoms with Gasteiger partial charge in [0.2, 0.25) is 0 Å². The SMILES string of the molecule is CCCCN(C)Cc1cccc(-c2cc(C(=O)NCC3CCOCC3)c3cnn(CC#N)c3n2)c1. The van der Waals surface area contributed by atoms with Gasteiger partial charge in [0.05, 0.1) is 28.9 Å². The number of nitrogens with one attached hydrogen (secondary N) is 1. The highest BCUT2D eigenvalue weighted by Gasteiger charge is 2.20. The summed E-state index contributed by atoms with van der Waals surface area (Å²) >= 11 is 0. The fourth-order valence-electron chi connectivity index (χ4n) is 4.50. The summed E-state index contributed by atoms with van der Waals surface area (Å²) in [6.07, 6.45) is 5.88. The fourth-order valence-corrected chi connectivity index (χ4v) is 4.50. The molecule has 1 saturated heterocycles. The monoisotopic (exact) mass is 474 g/mol. The highest BCUT2D eigenvalue weighted by atomic mass is 16.5. The van der Waals surface area contributed by atoms with E-state index in [0.717, 1.165) is 44.7 Å². The van der Waals surface area contributed by atoms with Crippen LogP contribution < -0.4 is 5.32 Å². The van der Waals surface area contributed by atoms with Crippen LogP contribution in [0.2, 0.25) is 0 Å². The van der Waals surface area contributed by atoms with Gasteiger partial charge in [-0.05, 0) is 56.5 Å². The van der Waals surface area contributed by atoms with Crippen molar-refractivity contribution in [2.75, 3.05) is 33.4 Å². The molecule has 3 aromatic rings. The third kappa shape index (κ3) is 6.24. The molecule has 0 atom stereocenters. The third-order valence-corrected chi connectivity index (χ3v) is 6.54. The molecule has 0 unspecified atom stereocenters. The summed E-state index contributed by atoms with van der Waals surface area (Å²) in [5, 5.41) is 17.3. The number of fused-ring (bicyclic) bond motifs is 1. The van der Waals surface area contributed by atoms with E-state index in [4.69, 9.17) is 9.72 Å². The van der Waals surface area contributed by atoms with Crippen molar-refractivity contribution in [3.05, 3.63) is 47.7 Å². The number of carbonyl (C=O) groups is 1. The molecule has 184 valence electrons. The number of benzene rings is 1. The average molecular weight is 475 g/mol. The van der Waals surface area contributed by atoms with E-state index in [1.165, 1.54) is 18.4 Å². The highest BCUT2D eigenvalue weighted by molar-refractivity contribution is 6.06. The molecule has 1 amide bonds. The van der Waals surface area contributed by atoms with Gasteiger partial charge in [-0.1, -0.05) is 31.5 Å². The van der Waals surface area contributed by atoms with Crippen molar-refractivity contribution in [2.24, 2.45) is 5.92 Å². The zero-order valence-corrected chi connectivity index (χ0v) is 20.7. The van der Waals surface area contributed by atoms with Crippen LogP contribution in [0.1, 0.15) is 48.5 Å². The summed E-state index contributed by atoms with van der Waals surface area (Å²) in [5.41, 5.74) is 3.92. The van der Waals surface area contributed by atoms with E-state index < -0.39 is 0 Å². The summed E-state index contributed by atoms with van der Waals surface area (Å²) in [6.45, 7) is 6.28. The Hall–Kier alpha value is -3.28. The standard InChI is InChI=1S/C27H34N6O2/c1-3-4-11-32(2)19-21-6-5-7-22(15-21)25-16-23(24-18-30-33(12-10-28)26(24)31-25)27(34)29-17-20-8-13-35-14-9-20/h5-7,15-16,18,20H,3-4,8-9,11-14,17,19H2,1-2H3,(H,29,34). The van der Waals surface area contributed by atoms with Crippen LogP contribution in [-0.4, -0.2) is 58.9 Å². The van der Waals surface area contributed by atoms with Crippen molar-refractivity contribution in [1.82, 2.24) is 25.0 Å². The number of hydrogen-bond acceptors (Lipinski definition) is 6. The predicted molar refractivity (Wildman–Crippen MR) is 136 cm³/mol. The molecular weight excluding hydrogens is 440 g/mol. The van der Waals surface area contributed by atoms with Crippen LogP contribution in [0.3, 0.4) is 0 Å². The minimum absolute atomic E-state index is 0.0748. The first-order chi connectivity index (χ1) is 17.1. The van der Waals surface area contributed by atoms with Gasteiger partial charge in [0, 0.05) is 31.9 Å². The molecule has 0 bridgehead atoms. The number of ether oxygens (including phenoxy) is 1. The summed E-state index contributed by atoms with van der Waals surface area (Å²) in [4.78, 5) is 20.4. The van der Waals surface area contributed by atoms with Gasteiger partial charge in [-0.2, -0.15) is 10.4 Å². The number of hydrogen-bond donors (Lipinski definition) is 1. The van der Waals surface area contributed by atoms with Crippen LogP contribution in [0.25, 0.3) is 22.3 Å². The molecule has 35 heavy (non-hydrogen) atoms. The van der Waals surface area contributed by atoms with Gasteiger partial charge in [0.25, 0.3) is 5.91 Å². The number of aromatic nitrogens is 3. The highest BCUT2D eigenvalue weighted by Crippen LogP contribution is 2.26. The molecule has 0 radical (unpaired) electrons. The van der Waals surface area contributed by atoms with E-state index in [0.29, 0.717) is 34.8 Å². The Morgan fingerprint density at radius 1 is 1.31 bits per heavy atom. The van der Waals surface area contributed by atoms with Crippen molar-refractivity contribution in [2.45, 2.75) is 45.7 Å². The van der Waals surface area contributed by atoms with Gasteiger partial charge in [-0.15, -0.1) is 0 Å². The molecule has 8 heteroatoms. The Labute approximate surface area is 206 Å². The number of nitriles is 1. The minimum Gasteiger partial charge on any atom is -0.381 e. The molecule has 3 heterocycles. The molecule has 0 saturated carbocycles. The molecule has 1 fully saturated rings. The van der Waals surface area contributed by atoms with Crippen LogP contribution in [0.15, 0.2) is 36.5 Å². The Morgan fingerprint density at radius 3 is 2.91 bits per heavy atom. The Kier molecular flexibility index (Phi) is 8.45. The summed E-state index contributed by atoms with van der Waals surface area (Å²) in [6, 6.07) is 12.3. The summed E-state index contributed by atoms with van der Waals surface area (Å²) < 4.78 is 6.98. The zero-order valence-electron chi connectivity index (χ0n) is 20.7. The van der Waals surface area contributed by atoms with E-state index in [1.807, 2.05) is 18.2 Å². The largest absolute Gasteiger partial charge is 0.381 e. The number of carbonyl (C=O) groups excluding carboxylic acids is 1. The normalized spacial score (nSPS) is 14.3. The molecule has 8 nitrogen and oxygen atoms in total. The van der Waals surface area contributed by atoms with Gasteiger partial charge in [0.15, 0.2) is 5.65 Å². The first kappa shape index (κ1) is 24.8. The van der Waals surface area contributed by atoms with E-state index in [1.54, 1.807) is 10.9 Å². The minimum atomic E-state index is -0.142. The van der Waals surface area contributed by atoms with Crippen molar-refractivity contribution >= 4 is 16.9 Å². The van der Waals surface area contributed by atoms with Crippen molar-refractivity contribution in [1.29, 1.82) is 5.26 Å². The second-order valence-electron chi connectivity index (χ2n) is 9.31. The Balaban J connectivity index is 1.64. The Bertz CT molecular complexity index is 1190. The maximum Gasteiger partial charge on any atom is 0.252 e. The molecule has 0 aliphatic carbocycles. The predicted octanol–water partition coefficient (Wildman–Crippen LogP) is 4.01. The molecule has 0 spiro atoms. The molecule has 1 aliphatic heterocycles. The molecule has 2 aromatic heterocycles. The number of nitrogens with zero attached hydrogens (tertiary/aromatic N) is 5. The van der Waals surface area contributed by atoms with Crippen LogP contribution in [0.4, 0.5) is 0 Å². The van der Waals surface area contributed by atoms with Crippen LogP contribution >= 0.6 is 0 Å². The van der Waals surface area contributed by atoms with E-state index in [9.17, 15) is 10.1 Å². The van der Waals surface area contributed by atoms with Gasteiger partial charge >= 0.3 is 0 Å². The Morgan fingerprint density at radius 2 is 2.14 bits per heavy atom. The topological polar surface area (TPSA) is 96.1 Å². The van der Waals surface area contributed by atoms with Crippen LogP contribution in [-0.2, 0) is 17.8 Å². The van der Waals surface area contributed by atoms with E-state index >= 15 is 0 Å². The van der Waals surface area contributed by atoms with E-state index in [2.05, 4.69) is 47.5 Å². The number of pyridine rings is 1. The lowest BCUT2D eigenvalue weighted by atomic mass is 10.00. The summed E-state index contributed by atoms with van der Waals surface area (Å²) in [5.74, 6) is 0.282. The average Bonchev–Trinajstić information content (AvgIpc) is 3.29. The van der Waals surface area contributed by atoms with Crippen molar-refractivity contribution in [3.63, 3.8) is 0 Å². The molecule has 4 rings (SSSR count). The van der Waals surface area contributed by atoms with Gasteiger partial charge in [-0.3, -0.25) is 4.79 Å². The second kappa shape index (κ2) is 11.9. The number of rotatable bonds is 10. The fraction of sp³-hybridized carbons (Fsp3) is 0.481. The third-order valence-electron chi connectivity index (χ3n) is 6.54. The van der Waals surface area contributed by atoms with Crippen LogP contribution in [0.5, 0.6) is 0 Å². The first-order valence-corrected chi connectivity index (χ1v) is 12.5. The maximum atomic E-state index is 13.3. The van der Waals surface area contributed by atoms with E-state index in [-0.39, 0.29) is 12.5 Å². The zero-order chi connectivity index (χ0) is 24.6. The second-order valence-corrected chi connectivity index (χ2v) is 9.31. The number of amides is 1. The maximum absolute atomic E-state index is 13.3. The molecule has 1 N–H and O–H groups in total. The lowest BCUT2D eigenvalue weighted by Crippen LogP contribution is -2.32. The van der Waals surface area contributed by atoms with Crippen molar-refractivity contribution in [3.8, 4) is 17.3 Å². The lowest BCUT2D eigenvalue weighted by molar-refractivity contribution is 0.0643. The molecule has 1 aliphatic rings. The molecular formula is C27H34N6O2. The van der Waals surface area contributed by atoms with Gasteiger partial charge < -0.3 is 15.0 Å².